The number of hydrogen-bond acceptors (Lipinski definition) is 1. The third-order valence-electron chi connectivity index (χ3n) is 4.26. The van der Waals surface area contributed by atoms with Gasteiger partial charge in [0, 0.05) is 13.0 Å². The Morgan fingerprint density at radius 2 is 1.57 bits per heavy atom. The van der Waals surface area contributed by atoms with Gasteiger partial charge in [-0.2, -0.15) is 0 Å². The smallest absolute Gasteiger partial charge is 0.220 e. The van der Waals surface area contributed by atoms with Crippen LogP contribution in [0.1, 0.15) is 55.7 Å². The molecule has 0 aromatic heterocycles. The van der Waals surface area contributed by atoms with E-state index in [9.17, 15) is 4.79 Å². The first kappa shape index (κ1) is 17.3. The SMILES string of the molecule is CC(C)c1ccc(CCC(=O)NC[C@H](C)c2ccccc2)cc1. The molecule has 2 rings (SSSR count). The number of hydrogen-bond donors (Lipinski definition) is 1. The molecule has 0 bridgehead atoms. The zero-order valence-corrected chi connectivity index (χ0v) is 14.4. The Bertz CT molecular complexity index is 601. The van der Waals surface area contributed by atoms with Crippen molar-refractivity contribution in [3.63, 3.8) is 0 Å². The van der Waals surface area contributed by atoms with Crippen molar-refractivity contribution in [2.24, 2.45) is 0 Å². The number of amides is 1. The van der Waals surface area contributed by atoms with E-state index < -0.39 is 0 Å². The van der Waals surface area contributed by atoms with Crippen LogP contribution in [-0.4, -0.2) is 12.5 Å². The minimum atomic E-state index is 0.126. The number of nitrogens with one attached hydrogen (secondary N) is 1. The van der Waals surface area contributed by atoms with Crippen LogP contribution in [0, 0.1) is 0 Å². The van der Waals surface area contributed by atoms with Gasteiger partial charge in [-0.3, -0.25) is 4.79 Å². The van der Waals surface area contributed by atoms with Crippen molar-refractivity contribution in [1.29, 1.82) is 0 Å². The van der Waals surface area contributed by atoms with Crippen LogP contribution in [0.15, 0.2) is 54.6 Å². The van der Waals surface area contributed by atoms with Gasteiger partial charge in [-0.15, -0.1) is 0 Å². The van der Waals surface area contributed by atoms with Crippen LogP contribution >= 0.6 is 0 Å². The molecule has 2 aromatic rings. The van der Waals surface area contributed by atoms with Gasteiger partial charge in [-0.05, 0) is 34.9 Å². The number of carbonyl (C=O) groups excluding carboxylic acids is 1. The average molecular weight is 309 g/mol. The highest BCUT2D eigenvalue weighted by Gasteiger charge is 2.08. The van der Waals surface area contributed by atoms with E-state index in [4.69, 9.17) is 0 Å². The van der Waals surface area contributed by atoms with Crippen molar-refractivity contribution in [2.75, 3.05) is 6.54 Å². The van der Waals surface area contributed by atoms with Crippen molar-refractivity contribution in [3.05, 3.63) is 71.3 Å². The first-order valence-corrected chi connectivity index (χ1v) is 8.46. The van der Waals surface area contributed by atoms with Crippen LogP contribution in [0.2, 0.25) is 0 Å². The van der Waals surface area contributed by atoms with E-state index in [0.717, 1.165) is 6.42 Å². The Balaban J connectivity index is 1.74. The average Bonchev–Trinajstić information content (AvgIpc) is 2.59. The summed E-state index contributed by atoms with van der Waals surface area (Å²) in [7, 11) is 0. The Morgan fingerprint density at radius 1 is 0.913 bits per heavy atom. The third-order valence-corrected chi connectivity index (χ3v) is 4.26. The van der Waals surface area contributed by atoms with Crippen molar-refractivity contribution < 1.29 is 4.79 Å². The van der Waals surface area contributed by atoms with E-state index in [-0.39, 0.29) is 5.91 Å². The van der Waals surface area contributed by atoms with Crippen molar-refractivity contribution >= 4 is 5.91 Å². The monoisotopic (exact) mass is 309 g/mol. The fourth-order valence-corrected chi connectivity index (χ4v) is 2.58. The van der Waals surface area contributed by atoms with Crippen LogP contribution in [-0.2, 0) is 11.2 Å². The molecule has 0 fully saturated rings. The van der Waals surface area contributed by atoms with Gasteiger partial charge in [0.15, 0.2) is 0 Å². The summed E-state index contributed by atoms with van der Waals surface area (Å²) in [4.78, 5) is 12.0. The predicted octanol–water partition coefficient (Wildman–Crippen LogP) is 4.66. The lowest BCUT2D eigenvalue weighted by Gasteiger charge is -2.13. The van der Waals surface area contributed by atoms with E-state index in [1.807, 2.05) is 18.2 Å². The molecular weight excluding hydrogens is 282 g/mol. The van der Waals surface area contributed by atoms with Gasteiger partial charge in [0.1, 0.15) is 0 Å². The first-order valence-electron chi connectivity index (χ1n) is 8.46. The topological polar surface area (TPSA) is 29.1 Å². The van der Waals surface area contributed by atoms with E-state index >= 15 is 0 Å². The van der Waals surface area contributed by atoms with E-state index in [1.165, 1.54) is 16.7 Å². The summed E-state index contributed by atoms with van der Waals surface area (Å²) in [6.07, 6.45) is 1.34. The summed E-state index contributed by atoms with van der Waals surface area (Å²) < 4.78 is 0. The van der Waals surface area contributed by atoms with Crippen LogP contribution in [0.3, 0.4) is 0 Å². The molecule has 1 amide bonds. The van der Waals surface area contributed by atoms with Crippen LogP contribution in [0.4, 0.5) is 0 Å². The van der Waals surface area contributed by atoms with Gasteiger partial charge < -0.3 is 5.32 Å². The molecule has 2 nitrogen and oxygen atoms in total. The van der Waals surface area contributed by atoms with E-state index in [2.05, 4.69) is 62.5 Å². The lowest BCUT2D eigenvalue weighted by Crippen LogP contribution is -2.27. The fraction of sp³-hybridized carbons (Fsp3) is 0.381. The minimum absolute atomic E-state index is 0.126. The van der Waals surface area contributed by atoms with Gasteiger partial charge in [0.2, 0.25) is 5.91 Å². The molecule has 0 unspecified atom stereocenters. The Kier molecular flexibility index (Phi) is 6.40. The van der Waals surface area contributed by atoms with Crippen LogP contribution < -0.4 is 5.32 Å². The normalized spacial score (nSPS) is 12.2. The molecule has 0 spiro atoms. The summed E-state index contributed by atoms with van der Waals surface area (Å²) in [5.74, 6) is 1.01. The molecule has 1 atom stereocenters. The van der Waals surface area contributed by atoms with Crippen LogP contribution in [0.5, 0.6) is 0 Å². The second-order valence-electron chi connectivity index (χ2n) is 6.51. The van der Waals surface area contributed by atoms with E-state index in [1.54, 1.807) is 0 Å². The maximum atomic E-state index is 12.0. The molecule has 0 saturated heterocycles. The second-order valence-corrected chi connectivity index (χ2v) is 6.51. The van der Waals surface area contributed by atoms with Crippen molar-refractivity contribution in [2.45, 2.75) is 45.4 Å². The highest BCUT2D eigenvalue weighted by Crippen LogP contribution is 2.16. The Hall–Kier alpha value is -2.09. The summed E-state index contributed by atoms with van der Waals surface area (Å²) >= 11 is 0. The van der Waals surface area contributed by atoms with Gasteiger partial charge in [0.05, 0.1) is 0 Å². The quantitative estimate of drug-likeness (QED) is 0.791. The highest BCUT2D eigenvalue weighted by molar-refractivity contribution is 5.76. The molecule has 0 aliphatic rings. The largest absolute Gasteiger partial charge is 0.355 e. The van der Waals surface area contributed by atoms with E-state index in [0.29, 0.717) is 24.8 Å². The standard InChI is InChI=1S/C21H27NO/c1-16(2)19-12-9-18(10-13-19)11-14-21(23)22-15-17(3)20-7-5-4-6-8-20/h4-10,12-13,16-17H,11,14-15H2,1-3H3,(H,22,23)/t17-/m0/s1. The maximum Gasteiger partial charge on any atom is 0.220 e. The molecule has 2 aromatic carbocycles. The molecule has 0 aliphatic carbocycles. The summed E-state index contributed by atoms with van der Waals surface area (Å²) in [6.45, 7) is 7.21. The maximum absolute atomic E-state index is 12.0. The Morgan fingerprint density at radius 3 is 2.17 bits per heavy atom. The van der Waals surface area contributed by atoms with Gasteiger partial charge in [0.25, 0.3) is 0 Å². The molecule has 1 N–H and O–H groups in total. The number of aryl methyl sites for hydroxylation is 1. The van der Waals surface area contributed by atoms with Crippen LogP contribution in [0.25, 0.3) is 0 Å². The lowest BCUT2D eigenvalue weighted by atomic mass is 10.00. The number of rotatable bonds is 7. The van der Waals surface area contributed by atoms with Gasteiger partial charge in [-0.1, -0.05) is 75.4 Å². The molecule has 122 valence electrons. The molecule has 0 radical (unpaired) electrons. The van der Waals surface area contributed by atoms with Crippen molar-refractivity contribution in [1.82, 2.24) is 5.32 Å². The first-order chi connectivity index (χ1) is 11.1. The molecular formula is C21H27NO. The minimum Gasteiger partial charge on any atom is -0.355 e. The summed E-state index contributed by atoms with van der Waals surface area (Å²) in [6, 6.07) is 18.9. The second kappa shape index (κ2) is 8.52. The van der Waals surface area contributed by atoms with Gasteiger partial charge in [-0.25, -0.2) is 0 Å². The Labute approximate surface area is 139 Å². The number of benzene rings is 2. The highest BCUT2D eigenvalue weighted by atomic mass is 16.1. The third kappa shape index (κ3) is 5.55. The van der Waals surface area contributed by atoms with Crippen molar-refractivity contribution in [3.8, 4) is 0 Å². The summed E-state index contributed by atoms with van der Waals surface area (Å²) in [5, 5.41) is 3.04. The van der Waals surface area contributed by atoms with Gasteiger partial charge >= 0.3 is 0 Å². The number of carbonyl (C=O) groups is 1. The summed E-state index contributed by atoms with van der Waals surface area (Å²) in [5.41, 5.74) is 3.83. The molecule has 0 saturated carbocycles. The molecule has 23 heavy (non-hydrogen) atoms. The zero-order valence-electron chi connectivity index (χ0n) is 14.4. The predicted molar refractivity (Wildman–Crippen MR) is 96.7 cm³/mol. The molecule has 0 heterocycles. The molecule has 2 heteroatoms. The molecule has 0 aliphatic heterocycles. The fourth-order valence-electron chi connectivity index (χ4n) is 2.58. The lowest BCUT2D eigenvalue weighted by molar-refractivity contribution is -0.121. The zero-order chi connectivity index (χ0) is 16.7.